The van der Waals surface area contributed by atoms with E-state index < -0.39 is 10.8 Å². The summed E-state index contributed by atoms with van der Waals surface area (Å²) in [5.41, 5.74) is 3.99. The van der Waals surface area contributed by atoms with Crippen LogP contribution in [0.5, 0.6) is 0 Å². The van der Waals surface area contributed by atoms with E-state index in [1.807, 2.05) is 0 Å². The van der Waals surface area contributed by atoms with Crippen molar-refractivity contribution in [2.45, 2.75) is 56.8 Å². The van der Waals surface area contributed by atoms with E-state index in [0.717, 1.165) is 68.5 Å². The van der Waals surface area contributed by atoms with Crippen molar-refractivity contribution in [2.24, 2.45) is 5.41 Å². The first-order chi connectivity index (χ1) is 13.6. The Morgan fingerprint density at radius 3 is 2.68 bits per heavy atom. The van der Waals surface area contributed by atoms with E-state index in [-0.39, 0.29) is 12.0 Å². The van der Waals surface area contributed by atoms with Gasteiger partial charge in [-0.15, -0.1) is 0 Å². The Bertz CT molecular complexity index is 918. The maximum atomic E-state index is 12.7. The molecule has 28 heavy (non-hydrogen) atoms. The molecule has 150 valence electrons. The van der Waals surface area contributed by atoms with Gasteiger partial charge in [-0.1, -0.05) is 18.0 Å². The fourth-order valence-electron chi connectivity index (χ4n) is 4.85. The molecule has 1 N–H and O–H groups in total. The lowest BCUT2D eigenvalue weighted by molar-refractivity contribution is 0.0246. The van der Waals surface area contributed by atoms with Crippen LogP contribution in [-0.2, 0) is 43.3 Å². The van der Waals surface area contributed by atoms with Crippen LogP contribution in [0.15, 0.2) is 17.4 Å². The van der Waals surface area contributed by atoms with Gasteiger partial charge in [-0.05, 0) is 30.4 Å². The number of nitrogens with zero attached hydrogens (tertiary/aromatic N) is 4. The minimum absolute atomic E-state index is 0.0160. The Hall–Kier alpha value is -1.28. The maximum absolute atomic E-state index is 12.7. The van der Waals surface area contributed by atoms with Crippen LogP contribution >= 0.6 is 11.6 Å². The van der Waals surface area contributed by atoms with Gasteiger partial charge >= 0.3 is 0 Å². The number of fused-ring (bicyclic) bond motifs is 3. The van der Waals surface area contributed by atoms with Gasteiger partial charge in [0.15, 0.2) is 0 Å². The molecule has 1 saturated carbocycles. The Morgan fingerprint density at radius 1 is 1.21 bits per heavy atom. The van der Waals surface area contributed by atoms with Gasteiger partial charge in [-0.2, -0.15) is 0 Å². The van der Waals surface area contributed by atoms with Crippen molar-refractivity contribution in [3.63, 3.8) is 0 Å². The highest BCUT2D eigenvalue weighted by Crippen LogP contribution is 2.45. The molecule has 2 aromatic heterocycles. The number of halogens is 1. The van der Waals surface area contributed by atoms with Crippen molar-refractivity contribution in [3.8, 4) is 0 Å². The molecule has 0 bridgehead atoms. The number of rotatable bonds is 6. The number of aliphatic hydroxyl groups is 1. The first-order valence-electron chi connectivity index (χ1n) is 10.00. The number of hydrogen-bond donors (Lipinski definition) is 1. The van der Waals surface area contributed by atoms with Gasteiger partial charge < -0.3 is 9.67 Å². The molecule has 0 unspecified atom stereocenters. The normalized spacial score (nSPS) is 22.9. The zero-order valence-corrected chi connectivity index (χ0v) is 17.4. The molecule has 1 atom stereocenters. The SMILES string of the molecule is O=[S@]1CCc2c3c(n(CC4(CO)CCC4)c21)CN(CCc1ncc(Cl)cn1)C3. The smallest absolute Gasteiger partial charge is 0.129 e. The molecule has 5 rings (SSSR count). The summed E-state index contributed by atoms with van der Waals surface area (Å²) in [7, 11) is -0.898. The molecule has 0 spiro atoms. The molecule has 2 aromatic rings. The van der Waals surface area contributed by atoms with E-state index in [2.05, 4.69) is 19.4 Å². The summed E-state index contributed by atoms with van der Waals surface area (Å²) >= 11 is 5.87. The third-order valence-corrected chi connectivity index (χ3v) is 8.29. The Labute approximate surface area is 172 Å². The molecule has 0 amide bonds. The summed E-state index contributed by atoms with van der Waals surface area (Å²) in [6.45, 7) is 3.69. The molecule has 0 radical (unpaired) electrons. The second-order valence-electron chi connectivity index (χ2n) is 8.38. The Balaban J connectivity index is 1.36. The molecule has 6 nitrogen and oxygen atoms in total. The van der Waals surface area contributed by atoms with Crippen molar-refractivity contribution >= 4 is 22.4 Å². The van der Waals surface area contributed by atoms with E-state index in [9.17, 15) is 9.32 Å². The fraction of sp³-hybridized carbons (Fsp3) is 0.600. The van der Waals surface area contributed by atoms with Gasteiger partial charge in [0.1, 0.15) is 10.9 Å². The van der Waals surface area contributed by atoms with E-state index in [1.165, 1.54) is 23.2 Å². The van der Waals surface area contributed by atoms with Crippen LogP contribution in [0.3, 0.4) is 0 Å². The zero-order chi connectivity index (χ0) is 19.3. The summed E-state index contributed by atoms with van der Waals surface area (Å²) in [4.78, 5) is 11.0. The lowest BCUT2D eigenvalue weighted by atomic mass is 9.69. The van der Waals surface area contributed by atoms with Crippen LogP contribution < -0.4 is 0 Å². The molecule has 0 aromatic carbocycles. The van der Waals surface area contributed by atoms with E-state index in [0.29, 0.717) is 5.02 Å². The number of aliphatic hydroxyl groups excluding tert-OH is 1. The van der Waals surface area contributed by atoms with E-state index in [4.69, 9.17) is 11.6 Å². The van der Waals surface area contributed by atoms with Crippen molar-refractivity contribution in [2.75, 3.05) is 18.9 Å². The largest absolute Gasteiger partial charge is 0.396 e. The van der Waals surface area contributed by atoms with Gasteiger partial charge in [-0.25, -0.2) is 9.97 Å². The van der Waals surface area contributed by atoms with Gasteiger partial charge in [0.2, 0.25) is 0 Å². The molecule has 0 saturated heterocycles. The minimum atomic E-state index is -0.898. The molecule has 4 heterocycles. The lowest BCUT2D eigenvalue weighted by Crippen LogP contribution is -2.38. The second-order valence-corrected chi connectivity index (χ2v) is 10.3. The predicted molar refractivity (Wildman–Crippen MR) is 108 cm³/mol. The Morgan fingerprint density at radius 2 is 2.00 bits per heavy atom. The van der Waals surface area contributed by atoms with Crippen LogP contribution in [0.1, 0.15) is 41.9 Å². The quantitative estimate of drug-likeness (QED) is 0.776. The van der Waals surface area contributed by atoms with Crippen LogP contribution in [0.2, 0.25) is 5.02 Å². The summed E-state index contributed by atoms with van der Waals surface area (Å²) < 4.78 is 15.0. The highest BCUT2D eigenvalue weighted by molar-refractivity contribution is 7.85. The van der Waals surface area contributed by atoms with Gasteiger partial charge in [0.05, 0.1) is 22.4 Å². The zero-order valence-electron chi connectivity index (χ0n) is 15.9. The van der Waals surface area contributed by atoms with Crippen LogP contribution in [0.4, 0.5) is 0 Å². The van der Waals surface area contributed by atoms with Crippen molar-refractivity contribution in [1.29, 1.82) is 0 Å². The van der Waals surface area contributed by atoms with Crippen LogP contribution in [0, 0.1) is 5.41 Å². The summed E-state index contributed by atoms with van der Waals surface area (Å²) in [5.74, 6) is 1.55. The first kappa shape index (κ1) is 18.7. The second kappa shape index (κ2) is 7.20. The van der Waals surface area contributed by atoms with Gasteiger partial charge in [0, 0.05) is 61.9 Å². The van der Waals surface area contributed by atoms with Gasteiger partial charge in [0.25, 0.3) is 0 Å². The lowest BCUT2D eigenvalue weighted by Gasteiger charge is -2.41. The van der Waals surface area contributed by atoms with Crippen molar-refractivity contribution in [1.82, 2.24) is 19.4 Å². The first-order valence-corrected chi connectivity index (χ1v) is 11.7. The predicted octanol–water partition coefficient (Wildman–Crippen LogP) is 2.32. The van der Waals surface area contributed by atoms with E-state index >= 15 is 0 Å². The molecular formula is C20H25ClN4O2S. The maximum Gasteiger partial charge on any atom is 0.129 e. The highest BCUT2D eigenvalue weighted by atomic mass is 35.5. The average Bonchev–Trinajstić information content (AvgIpc) is 3.31. The molecule has 1 fully saturated rings. The number of hydrogen-bond acceptors (Lipinski definition) is 5. The molecule has 1 aliphatic carbocycles. The van der Waals surface area contributed by atoms with Gasteiger partial charge in [-0.3, -0.25) is 9.11 Å². The third-order valence-electron chi connectivity index (χ3n) is 6.62. The molecule has 3 aliphatic rings. The van der Waals surface area contributed by atoms with E-state index in [1.54, 1.807) is 12.4 Å². The van der Waals surface area contributed by atoms with Crippen molar-refractivity contribution in [3.05, 3.63) is 40.1 Å². The number of aromatic nitrogens is 3. The highest BCUT2D eigenvalue weighted by Gasteiger charge is 2.41. The summed E-state index contributed by atoms with van der Waals surface area (Å²) in [5, 5.41) is 11.6. The van der Waals surface area contributed by atoms with Crippen LogP contribution in [-0.4, -0.2) is 47.7 Å². The summed E-state index contributed by atoms with van der Waals surface area (Å²) in [6.07, 6.45) is 8.30. The molecule has 2 aliphatic heterocycles. The minimum Gasteiger partial charge on any atom is -0.396 e. The van der Waals surface area contributed by atoms with Crippen molar-refractivity contribution < 1.29 is 9.32 Å². The topological polar surface area (TPSA) is 71.2 Å². The Kier molecular flexibility index (Phi) is 4.82. The fourth-order valence-corrected chi connectivity index (χ4v) is 6.45. The standard InChI is InChI=1S/C20H25ClN4O2S/c21-14-8-22-18(23-9-14)2-6-24-10-16-15-3-7-28(27)19(15)25(17(16)11-24)12-20(13-26)4-1-5-20/h8-9,26H,1-7,10-13H2/t28-/m0/s1. The monoisotopic (exact) mass is 420 g/mol. The third kappa shape index (κ3) is 3.12. The molecular weight excluding hydrogens is 396 g/mol. The van der Waals surface area contributed by atoms with Crippen LogP contribution in [0.25, 0.3) is 0 Å². The average molecular weight is 421 g/mol. The summed E-state index contributed by atoms with van der Waals surface area (Å²) in [6, 6.07) is 0. The molecule has 8 heteroatoms.